The highest BCUT2D eigenvalue weighted by Crippen LogP contribution is 2.33. The summed E-state index contributed by atoms with van der Waals surface area (Å²) in [6, 6.07) is 6.27. The predicted octanol–water partition coefficient (Wildman–Crippen LogP) is 2.06. The minimum absolute atomic E-state index is 0.00805. The number of hydroxylamine groups is 2. The number of hydrogen-bond donors (Lipinski definition) is 0. The quantitative estimate of drug-likeness (QED) is 0.812. The summed E-state index contributed by atoms with van der Waals surface area (Å²) in [5.41, 5.74) is 2.27. The molecule has 0 N–H and O–H groups in total. The highest BCUT2D eigenvalue weighted by molar-refractivity contribution is 7.22. The van der Waals surface area contributed by atoms with E-state index in [1.165, 1.54) is 22.4 Å². The molecule has 1 aromatic heterocycles. The zero-order valence-corrected chi connectivity index (χ0v) is 12.6. The third-order valence-corrected chi connectivity index (χ3v) is 4.70. The Morgan fingerprint density at radius 1 is 1.50 bits per heavy atom. The molecule has 3 rings (SSSR count). The van der Waals surface area contributed by atoms with Crippen molar-refractivity contribution in [2.75, 3.05) is 32.1 Å². The van der Waals surface area contributed by atoms with E-state index in [2.05, 4.69) is 28.9 Å². The van der Waals surface area contributed by atoms with E-state index in [1.54, 1.807) is 18.4 Å². The molecule has 0 radical (unpaired) electrons. The van der Waals surface area contributed by atoms with Crippen molar-refractivity contribution in [3.63, 3.8) is 0 Å². The molecule has 106 valence electrons. The normalized spacial score (nSPS) is 15.4. The second kappa shape index (κ2) is 5.03. The molecule has 1 saturated heterocycles. The number of anilines is 1. The van der Waals surface area contributed by atoms with Crippen LogP contribution in [0.3, 0.4) is 0 Å². The molecule has 1 aromatic carbocycles. The monoisotopic (exact) mass is 291 g/mol. The first-order valence-electron chi connectivity index (χ1n) is 6.52. The van der Waals surface area contributed by atoms with Crippen molar-refractivity contribution in [1.29, 1.82) is 0 Å². The van der Waals surface area contributed by atoms with Crippen molar-refractivity contribution >= 4 is 32.6 Å². The zero-order valence-electron chi connectivity index (χ0n) is 11.8. The van der Waals surface area contributed by atoms with Crippen molar-refractivity contribution in [3.8, 4) is 0 Å². The van der Waals surface area contributed by atoms with Gasteiger partial charge in [0.2, 0.25) is 0 Å². The topological polar surface area (TPSA) is 45.7 Å². The molecule has 0 atom stereocenters. The van der Waals surface area contributed by atoms with Gasteiger partial charge >= 0.3 is 0 Å². The summed E-state index contributed by atoms with van der Waals surface area (Å²) in [5.74, 6) is 0.0365. The molecule has 0 saturated carbocycles. The van der Waals surface area contributed by atoms with Gasteiger partial charge in [0.1, 0.15) is 0 Å². The molecule has 0 spiro atoms. The molecule has 2 heterocycles. The van der Waals surface area contributed by atoms with Crippen LogP contribution in [0.5, 0.6) is 0 Å². The number of rotatable bonds is 3. The van der Waals surface area contributed by atoms with Gasteiger partial charge in [0.25, 0.3) is 5.91 Å². The lowest BCUT2D eigenvalue weighted by Crippen LogP contribution is -2.53. The van der Waals surface area contributed by atoms with E-state index >= 15 is 0 Å². The molecule has 6 heteroatoms. The number of nitrogens with zero attached hydrogens (tertiary/aromatic N) is 3. The number of carbonyl (C=O) groups excluding carboxylic acids is 1. The van der Waals surface area contributed by atoms with E-state index in [0.717, 1.165) is 10.6 Å². The molecule has 0 unspecified atom stereocenters. The van der Waals surface area contributed by atoms with Crippen LogP contribution in [0.1, 0.15) is 5.56 Å². The Morgan fingerprint density at radius 3 is 2.95 bits per heavy atom. The summed E-state index contributed by atoms with van der Waals surface area (Å²) in [7, 11) is 3.15. The molecule has 1 aliphatic heterocycles. The van der Waals surface area contributed by atoms with Gasteiger partial charge in [0.05, 0.1) is 23.2 Å². The van der Waals surface area contributed by atoms with Crippen LogP contribution in [-0.4, -0.2) is 43.2 Å². The summed E-state index contributed by atoms with van der Waals surface area (Å²) in [6.45, 7) is 3.51. The van der Waals surface area contributed by atoms with Gasteiger partial charge in [0.15, 0.2) is 5.13 Å². The summed E-state index contributed by atoms with van der Waals surface area (Å²) in [4.78, 5) is 23.6. The number of hydrogen-bond acceptors (Lipinski definition) is 5. The third-order valence-electron chi connectivity index (χ3n) is 3.62. The average molecular weight is 291 g/mol. The zero-order chi connectivity index (χ0) is 14.3. The highest BCUT2D eigenvalue weighted by atomic mass is 32.1. The minimum atomic E-state index is 0.00805. The predicted molar refractivity (Wildman–Crippen MR) is 79.8 cm³/mol. The molecule has 1 aliphatic rings. The van der Waals surface area contributed by atoms with Gasteiger partial charge < -0.3 is 4.90 Å². The van der Waals surface area contributed by atoms with Crippen LogP contribution in [0.2, 0.25) is 0 Å². The number of aromatic nitrogens is 1. The van der Waals surface area contributed by atoms with Gasteiger partial charge in [0, 0.05) is 20.1 Å². The standard InChI is InChI=1S/C14H17N3O2S/c1-9-4-5-11-12(6-9)20-14(15-11)17-7-10(8-17)13(18)16(2)19-3/h4-6,10H,7-8H2,1-3H3. The maximum Gasteiger partial charge on any atom is 0.252 e. The van der Waals surface area contributed by atoms with Crippen LogP contribution in [-0.2, 0) is 9.63 Å². The van der Waals surface area contributed by atoms with Crippen molar-refractivity contribution in [1.82, 2.24) is 10.0 Å². The Labute approximate surface area is 121 Å². The lowest BCUT2D eigenvalue weighted by atomic mass is 10.0. The SMILES string of the molecule is CON(C)C(=O)C1CN(c2nc3ccc(C)cc3s2)C1. The van der Waals surface area contributed by atoms with Crippen LogP contribution in [0, 0.1) is 12.8 Å². The van der Waals surface area contributed by atoms with Crippen LogP contribution >= 0.6 is 11.3 Å². The van der Waals surface area contributed by atoms with E-state index in [4.69, 9.17) is 4.84 Å². The lowest BCUT2D eigenvalue weighted by molar-refractivity contribution is -0.174. The van der Waals surface area contributed by atoms with Crippen molar-refractivity contribution < 1.29 is 9.63 Å². The molecule has 2 aromatic rings. The number of fused-ring (bicyclic) bond motifs is 1. The summed E-state index contributed by atoms with van der Waals surface area (Å²) in [6.07, 6.45) is 0. The largest absolute Gasteiger partial charge is 0.346 e. The van der Waals surface area contributed by atoms with Crippen LogP contribution in [0.4, 0.5) is 5.13 Å². The Balaban J connectivity index is 1.71. The van der Waals surface area contributed by atoms with E-state index in [1.807, 2.05) is 6.07 Å². The van der Waals surface area contributed by atoms with Gasteiger partial charge in [-0.1, -0.05) is 17.4 Å². The summed E-state index contributed by atoms with van der Waals surface area (Å²) in [5, 5.41) is 2.29. The maximum absolute atomic E-state index is 11.9. The Morgan fingerprint density at radius 2 is 2.25 bits per heavy atom. The number of aryl methyl sites for hydroxylation is 1. The summed E-state index contributed by atoms with van der Waals surface area (Å²) < 4.78 is 1.20. The third kappa shape index (κ3) is 2.25. The number of benzene rings is 1. The Hall–Kier alpha value is -1.66. The Kier molecular flexibility index (Phi) is 3.35. The maximum atomic E-state index is 11.9. The second-order valence-electron chi connectivity index (χ2n) is 5.09. The van der Waals surface area contributed by atoms with E-state index < -0.39 is 0 Å². The lowest BCUT2D eigenvalue weighted by Gasteiger charge is -2.39. The first-order valence-corrected chi connectivity index (χ1v) is 7.34. The molecule has 20 heavy (non-hydrogen) atoms. The molecule has 0 aliphatic carbocycles. The van der Waals surface area contributed by atoms with Crippen molar-refractivity contribution in [2.24, 2.45) is 5.92 Å². The fourth-order valence-corrected chi connectivity index (χ4v) is 3.37. The average Bonchev–Trinajstić information content (AvgIpc) is 2.78. The van der Waals surface area contributed by atoms with Crippen LogP contribution in [0.15, 0.2) is 18.2 Å². The molecule has 0 bridgehead atoms. The molecular weight excluding hydrogens is 274 g/mol. The second-order valence-corrected chi connectivity index (χ2v) is 6.10. The van der Waals surface area contributed by atoms with Gasteiger partial charge in [-0.15, -0.1) is 0 Å². The van der Waals surface area contributed by atoms with Crippen LogP contribution < -0.4 is 4.90 Å². The fourth-order valence-electron chi connectivity index (χ4n) is 2.29. The molecule has 1 amide bonds. The molecule has 5 nitrogen and oxygen atoms in total. The van der Waals surface area contributed by atoms with E-state index in [9.17, 15) is 4.79 Å². The van der Waals surface area contributed by atoms with Gasteiger partial charge in [-0.05, 0) is 24.6 Å². The number of carbonyl (C=O) groups is 1. The first kappa shape index (κ1) is 13.3. The van der Waals surface area contributed by atoms with Gasteiger partial charge in [-0.25, -0.2) is 10.0 Å². The van der Waals surface area contributed by atoms with Crippen molar-refractivity contribution in [3.05, 3.63) is 23.8 Å². The molecular formula is C14H17N3O2S. The van der Waals surface area contributed by atoms with Crippen molar-refractivity contribution in [2.45, 2.75) is 6.92 Å². The first-order chi connectivity index (χ1) is 9.58. The smallest absolute Gasteiger partial charge is 0.252 e. The Bertz CT molecular complexity index is 649. The minimum Gasteiger partial charge on any atom is -0.346 e. The summed E-state index contributed by atoms with van der Waals surface area (Å²) >= 11 is 1.68. The fraction of sp³-hybridized carbons (Fsp3) is 0.429. The number of thiazole rings is 1. The van der Waals surface area contributed by atoms with E-state index in [-0.39, 0.29) is 11.8 Å². The highest BCUT2D eigenvalue weighted by Gasteiger charge is 2.36. The van der Waals surface area contributed by atoms with Gasteiger partial charge in [-0.2, -0.15) is 0 Å². The molecule has 1 fully saturated rings. The van der Waals surface area contributed by atoms with Crippen LogP contribution in [0.25, 0.3) is 10.2 Å². The number of amides is 1. The van der Waals surface area contributed by atoms with E-state index in [0.29, 0.717) is 13.1 Å². The van der Waals surface area contributed by atoms with Gasteiger partial charge in [-0.3, -0.25) is 9.63 Å².